The van der Waals surface area contributed by atoms with Gasteiger partial charge >= 0.3 is 0 Å². The van der Waals surface area contributed by atoms with Gasteiger partial charge in [-0.25, -0.2) is 4.39 Å². The first kappa shape index (κ1) is 15.5. The molecule has 0 N–H and O–H groups in total. The van der Waals surface area contributed by atoms with E-state index in [1.807, 2.05) is 29.2 Å². The Morgan fingerprint density at radius 2 is 1.87 bits per heavy atom. The Labute approximate surface area is 135 Å². The molecular formula is C19H20FNO2. The summed E-state index contributed by atoms with van der Waals surface area (Å²) in [7, 11) is 1.61. The van der Waals surface area contributed by atoms with E-state index in [-0.39, 0.29) is 17.8 Å². The van der Waals surface area contributed by atoms with Crippen molar-refractivity contribution >= 4 is 5.91 Å². The zero-order valence-corrected chi connectivity index (χ0v) is 13.2. The molecular weight excluding hydrogens is 293 g/mol. The second-order valence-electron chi connectivity index (χ2n) is 5.87. The summed E-state index contributed by atoms with van der Waals surface area (Å²) >= 11 is 0. The summed E-state index contributed by atoms with van der Waals surface area (Å²) in [5, 5.41) is 0. The lowest BCUT2D eigenvalue weighted by Crippen LogP contribution is -2.34. The van der Waals surface area contributed by atoms with Gasteiger partial charge in [-0.05, 0) is 36.6 Å². The lowest BCUT2D eigenvalue weighted by molar-refractivity contribution is -0.131. The summed E-state index contributed by atoms with van der Waals surface area (Å²) in [4.78, 5) is 14.4. The molecule has 0 spiro atoms. The Kier molecular flexibility index (Phi) is 4.60. The highest BCUT2D eigenvalue weighted by Gasteiger charge is 2.32. The van der Waals surface area contributed by atoms with Gasteiger partial charge in [0, 0.05) is 18.2 Å². The normalized spacial score (nSPS) is 13.7. The molecule has 0 atom stereocenters. The number of hydrogen-bond donors (Lipinski definition) is 0. The van der Waals surface area contributed by atoms with Crippen molar-refractivity contribution in [2.24, 2.45) is 0 Å². The van der Waals surface area contributed by atoms with Crippen LogP contribution in [0, 0.1) is 5.82 Å². The first-order valence-electron chi connectivity index (χ1n) is 7.83. The quantitative estimate of drug-likeness (QED) is 0.816. The van der Waals surface area contributed by atoms with Crippen molar-refractivity contribution in [3.05, 3.63) is 65.5 Å². The lowest BCUT2D eigenvalue weighted by atomic mass is 10.1. The molecule has 0 unspecified atom stereocenters. The van der Waals surface area contributed by atoms with Gasteiger partial charge in [0.1, 0.15) is 11.6 Å². The zero-order valence-electron chi connectivity index (χ0n) is 13.2. The van der Waals surface area contributed by atoms with E-state index in [0.717, 1.165) is 24.2 Å². The number of hydrogen-bond acceptors (Lipinski definition) is 2. The summed E-state index contributed by atoms with van der Waals surface area (Å²) in [6, 6.07) is 14.4. The Balaban J connectivity index is 1.70. The van der Waals surface area contributed by atoms with E-state index >= 15 is 0 Å². The van der Waals surface area contributed by atoms with Gasteiger partial charge in [-0.1, -0.05) is 30.3 Å². The molecule has 0 heterocycles. The molecule has 120 valence electrons. The first-order chi connectivity index (χ1) is 11.2. The fourth-order valence-corrected chi connectivity index (χ4v) is 2.64. The van der Waals surface area contributed by atoms with Crippen LogP contribution in [0.4, 0.5) is 4.39 Å². The highest BCUT2D eigenvalue weighted by molar-refractivity contribution is 5.79. The number of nitrogens with zero attached hydrogens (tertiary/aromatic N) is 1. The number of methoxy groups -OCH3 is 1. The predicted molar refractivity (Wildman–Crippen MR) is 86.7 cm³/mol. The molecule has 1 amide bonds. The van der Waals surface area contributed by atoms with E-state index in [0.29, 0.717) is 18.5 Å². The molecule has 3 rings (SSSR count). The molecule has 0 radical (unpaired) electrons. The van der Waals surface area contributed by atoms with Crippen molar-refractivity contribution in [2.75, 3.05) is 7.11 Å². The van der Waals surface area contributed by atoms with Crippen molar-refractivity contribution in [3.63, 3.8) is 0 Å². The molecule has 0 saturated heterocycles. The highest BCUT2D eigenvalue weighted by atomic mass is 19.1. The largest absolute Gasteiger partial charge is 0.497 e. The maximum absolute atomic E-state index is 13.9. The summed E-state index contributed by atoms with van der Waals surface area (Å²) in [5.41, 5.74) is 1.51. The summed E-state index contributed by atoms with van der Waals surface area (Å²) in [6.45, 7) is 0.340. The van der Waals surface area contributed by atoms with Crippen molar-refractivity contribution < 1.29 is 13.9 Å². The van der Waals surface area contributed by atoms with Gasteiger partial charge in [-0.15, -0.1) is 0 Å². The first-order valence-corrected chi connectivity index (χ1v) is 7.83. The molecule has 0 aliphatic heterocycles. The Hall–Kier alpha value is -2.36. The van der Waals surface area contributed by atoms with Crippen LogP contribution in [-0.2, 0) is 17.8 Å². The van der Waals surface area contributed by atoms with Crippen molar-refractivity contribution in [3.8, 4) is 5.75 Å². The predicted octanol–water partition coefficient (Wildman–Crippen LogP) is 3.57. The number of benzene rings is 2. The van der Waals surface area contributed by atoms with E-state index in [9.17, 15) is 9.18 Å². The van der Waals surface area contributed by atoms with E-state index in [1.165, 1.54) is 6.07 Å². The molecule has 4 heteroatoms. The Morgan fingerprint density at radius 1 is 1.17 bits per heavy atom. The maximum atomic E-state index is 13.9. The number of carbonyl (C=O) groups is 1. The fraction of sp³-hybridized carbons (Fsp3) is 0.316. The summed E-state index contributed by atoms with van der Waals surface area (Å²) in [6.07, 6.45) is 2.33. The van der Waals surface area contributed by atoms with Crippen LogP contribution >= 0.6 is 0 Å². The van der Waals surface area contributed by atoms with Gasteiger partial charge in [0.05, 0.1) is 13.5 Å². The number of halogens is 1. The number of carbonyl (C=O) groups excluding carboxylic acids is 1. The van der Waals surface area contributed by atoms with Crippen molar-refractivity contribution in [1.29, 1.82) is 0 Å². The Morgan fingerprint density at radius 3 is 2.48 bits per heavy atom. The fourth-order valence-electron chi connectivity index (χ4n) is 2.64. The zero-order chi connectivity index (χ0) is 16.2. The second kappa shape index (κ2) is 6.82. The second-order valence-corrected chi connectivity index (χ2v) is 5.87. The van der Waals surface area contributed by atoms with Crippen molar-refractivity contribution in [2.45, 2.75) is 31.8 Å². The van der Waals surface area contributed by atoms with Crippen LogP contribution in [0.2, 0.25) is 0 Å². The SMILES string of the molecule is COc1ccc(CC(=O)N(Cc2ccccc2F)C2CC2)cc1. The molecule has 0 aromatic heterocycles. The molecule has 1 saturated carbocycles. The average molecular weight is 313 g/mol. The van der Waals surface area contributed by atoms with Gasteiger partial charge in [0.15, 0.2) is 0 Å². The van der Waals surface area contributed by atoms with Crippen LogP contribution in [0.3, 0.4) is 0 Å². The Bertz CT molecular complexity index is 680. The third-order valence-electron chi connectivity index (χ3n) is 4.12. The topological polar surface area (TPSA) is 29.5 Å². The van der Waals surface area contributed by atoms with Crippen LogP contribution in [0.5, 0.6) is 5.75 Å². The van der Waals surface area contributed by atoms with Crippen LogP contribution in [-0.4, -0.2) is 24.0 Å². The minimum absolute atomic E-state index is 0.0425. The molecule has 1 fully saturated rings. The van der Waals surface area contributed by atoms with Gasteiger partial charge in [0.2, 0.25) is 5.91 Å². The highest BCUT2D eigenvalue weighted by Crippen LogP contribution is 2.29. The number of amides is 1. The van der Waals surface area contributed by atoms with E-state index in [2.05, 4.69) is 0 Å². The van der Waals surface area contributed by atoms with Crippen LogP contribution in [0.25, 0.3) is 0 Å². The molecule has 2 aromatic carbocycles. The van der Waals surface area contributed by atoms with Gasteiger partial charge in [-0.3, -0.25) is 4.79 Å². The smallest absolute Gasteiger partial charge is 0.227 e. The van der Waals surface area contributed by atoms with E-state index in [1.54, 1.807) is 25.3 Å². The summed E-state index contributed by atoms with van der Waals surface area (Å²) < 4.78 is 19.0. The maximum Gasteiger partial charge on any atom is 0.227 e. The van der Waals surface area contributed by atoms with Gasteiger partial charge in [-0.2, -0.15) is 0 Å². The molecule has 1 aliphatic rings. The molecule has 2 aromatic rings. The van der Waals surface area contributed by atoms with Gasteiger partial charge in [0.25, 0.3) is 0 Å². The monoisotopic (exact) mass is 313 g/mol. The van der Waals surface area contributed by atoms with E-state index in [4.69, 9.17) is 4.74 Å². The van der Waals surface area contributed by atoms with E-state index < -0.39 is 0 Å². The molecule has 1 aliphatic carbocycles. The number of rotatable bonds is 6. The standard InChI is InChI=1S/C19H20FNO2/c1-23-17-10-6-14(7-11-17)12-19(22)21(16-8-9-16)13-15-4-2-3-5-18(15)20/h2-7,10-11,16H,8-9,12-13H2,1H3. The third-order valence-corrected chi connectivity index (χ3v) is 4.12. The van der Waals surface area contributed by atoms with Crippen LogP contribution in [0.1, 0.15) is 24.0 Å². The van der Waals surface area contributed by atoms with Crippen LogP contribution in [0.15, 0.2) is 48.5 Å². The average Bonchev–Trinajstić information content (AvgIpc) is 3.39. The molecule has 3 nitrogen and oxygen atoms in total. The molecule has 23 heavy (non-hydrogen) atoms. The van der Waals surface area contributed by atoms with Crippen molar-refractivity contribution in [1.82, 2.24) is 4.90 Å². The van der Waals surface area contributed by atoms with Gasteiger partial charge < -0.3 is 9.64 Å². The minimum atomic E-state index is -0.254. The summed E-state index contributed by atoms with van der Waals surface area (Å²) in [5.74, 6) is 0.558. The third kappa shape index (κ3) is 3.89. The molecule has 0 bridgehead atoms. The van der Waals surface area contributed by atoms with Crippen LogP contribution < -0.4 is 4.74 Å². The lowest BCUT2D eigenvalue weighted by Gasteiger charge is -2.23. The number of ether oxygens (including phenoxy) is 1. The minimum Gasteiger partial charge on any atom is -0.497 e.